The molecule has 0 N–H and O–H groups in total. The highest BCUT2D eigenvalue weighted by Crippen LogP contribution is 2.45. The number of amides is 1. The van der Waals surface area contributed by atoms with Crippen molar-refractivity contribution in [3.63, 3.8) is 0 Å². The van der Waals surface area contributed by atoms with Crippen LogP contribution in [0.25, 0.3) is 0 Å². The minimum Gasteiger partial charge on any atom is -0.345 e. The van der Waals surface area contributed by atoms with Gasteiger partial charge < -0.3 is 4.90 Å². The molecule has 1 aromatic heterocycles. The van der Waals surface area contributed by atoms with Crippen molar-refractivity contribution >= 4 is 17.2 Å². The fourth-order valence-electron chi connectivity index (χ4n) is 4.64. The summed E-state index contributed by atoms with van der Waals surface area (Å²) < 4.78 is 0. The minimum atomic E-state index is 0.0164. The molecule has 1 spiro atoms. The fraction of sp³-hybridized carbons (Fsp3) is 0.524. The minimum absolute atomic E-state index is 0.0164. The Morgan fingerprint density at radius 1 is 1.23 bits per heavy atom. The number of hydrogen-bond donors (Lipinski definition) is 0. The summed E-state index contributed by atoms with van der Waals surface area (Å²) in [4.78, 5) is 21.9. The van der Waals surface area contributed by atoms with E-state index in [0.717, 1.165) is 50.4 Å². The first-order valence-corrected chi connectivity index (χ1v) is 10.4. The zero-order valence-corrected chi connectivity index (χ0v) is 16.5. The Balaban J connectivity index is 1.44. The van der Waals surface area contributed by atoms with Crippen molar-refractivity contribution in [1.29, 1.82) is 0 Å². The van der Waals surface area contributed by atoms with Crippen LogP contribution in [0.15, 0.2) is 35.7 Å². The van der Waals surface area contributed by atoms with E-state index in [-0.39, 0.29) is 17.2 Å². The largest absolute Gasteiger partial charge is 0.345 e. The van der Waals surface area contributed by atoms with Crippen LogP contribution in [0.5, 0.6) is 0 Å². The van der Waals surface area contributed by atoms with Gasteiger partial charge in [-0.1, -0.05) is 30.3 Å². The van der Waals surface area contributed by atoms with Gasteiger partial charge >= 0.3 is 0 Å². The molecule has 0 radical (unpaired) electrons. The fourth-order valence-corrected chi connectivity index (χ4v) is 5.24. The number of carbonyl (C=O) groups excluding carboxylic acids is 1. The van der Waals surface area contributed by atoms with Gasteiger partial charge in [0.05, 0.1) is 16.6 Å². The van der Waals surface area contributed by atoms with Gasteiger partial charge in [0.1, 0.15) is 0 Å². The number of likely N-dealkylation sites (tertiary alicyclic amines) is 2. The van der Waals surface area contributed by atoms with E-state index in [4.69, 9.17) is 0 Å². The number of hydrogen-bond acceptors (Lipinski definition) is 4. The molecule has 138 valence electrons. The second-order valence-corrected chi connectivity index (χ2v) is 9.06. The van der Waals surface area contributed by atoms with Crippen molar-refractivity contribution < 1.29 is 4.79 Å². The van der Waals surface area contributed by atoms with Gasteiger partial charge in [0.25, 0.3) is 0 Å². The van der Waals surface area contributed by atoms with Crippen molar-refractivity contribution in [2.45, 2.75) is 38.6 Å². The van der Waals surface area contributed by atoms with Crippen LogP contribution in [0.2, 0.25) is 0 Å². The molecule has 26 heavy (non-hydrogen) atoms. The molecule has 2 aliphatic rings. The standard InChI is InChI=1S/C21H27N3OS/c1-16-22-18(14-26-16)13-24-10-8-21(9-11-24)12-19(20(25)23(2)15-21)17-6-4-3-5-7-17/h3-7,14,19H,8-13,15H2,1-2H3/t19-/m1/s1. The smallest absolute Gasteiger partial charge is 0.229 e. The quantitative estimate of drug-likeness (QED) is 0.828. The lowest BCUT2D eigenvalue weighted by Gasteiger charge is -2.49. The van der Waals surface area contributed by atoms with Crippen molar-refractivity contribution in [3.05, 3.63) is 52.0 Å². The van der Waals surface area contributed by atoms with Crippen molar-refractivity contribution in [2.24, 2.45) is 5.41 Å². The average Bonchev–Trinajstić information content (AvgIpc) is 3.06. The van der Waals surface area contributed by atoms with E-state index in [2.05, 4.69) is 34.3 Å². The number of nitrogens with zero attached hydrogens (tertiary/aromatic N) is 3. The Kier molecular flexibility index (Phi) is 4.84. The highest BCUT2D eigenvalue weighted by atomic mass is 32.1. The molecule has 0 bridgehead atoms. The summed E-state index contributed by atoms with van der Waals surface area (Å²) in [6.45, 7) is 6.12. The molecule has 4 rings (SSSR count). The topological polar surface area (TPSA) is 36.4 Å². The molecule has 0 aliphatic carbocycles. The average molecular weight is 370 g/mol. The molecule has 1 atom stereocenters. The number of thiazole rings is 1. The third-order valence-electron chi connectivity index (χ3n) is 6.05. The summed E-state index contributed by atoms with van der Waals surface area (Å²) in [5, 5.41) is 3.32. The van der Waals surface area contributed by atoms with E-state index in [9.17, 15) is 4.79 Å². The van der Waals surface area contributed by atoms with Gasteiger partial charge in [-0.15, -0.1) is 11.3 Å². The van der Waals surface area contributed by atoms with Crippen LogP contribution in [-0.4, -0.2) is 47.4 Å². The summed E-state index contributed by atoms with van der Waals surface area (Å²) >= 11 is 1.73. The Labute approximate surface area is 159 Å². The van der Waals surface area contributed by atoms with Gasteiger partial charge in [-0.25, -0.2) is 4.98 Å². The Morgan fingerprint density at radius 3 is 2.62 bits per heavy atom. The number of aryl methyl sites for hydroxylation is 1. The molecule has 2 aromatic rings. The number of likely N-dealkylation sites (N-methyl/N-ethyl adjacent to an activating group) is 1. The predicted molar refractivity (Wildman–Crippen MR) is 105 cm³/mol. The van der Waals surface area contributed by atoms with Crippen molar-refractivity contribution in [3.8, 4) is 0 Å². The maximum atomic E-state index is 12.8. The summed E-state index contributed by atoms with van der Waals surface area (Å²) in [7, 11) is 1.98. The number of rotatable bonds is 3. The van der Waals surface area contributed by atoms with Gasteiger partial charge in [0, 0.05) is 25.5 Å². The Morgan fingerprint density at radius 2 is 1.96 bits per heavy atom. The molecular formula is C21H27N3OS. The molecule has 1 aromatic carbocycles. The lowest BCUT2D eigenvalue weighted by atomic mass is 9.68. The van der Waals surface area contributed by atoms with Crippen LogP contribution in [-0.2, 0) is 11.3 Å². The lowest BCUT2D eigenvalue weighted by molar-refractivity contribution is -0.139. The summed E-state index contributed by atoms with van der Waals surface area (Å²) in [5.41, 5.74) is 2.63. The van der Waals surface area contributed by atoms with Crippen molar-refractivity contribution in [1.82, 2.24) is 14.8 Å². The second-order valence-electron chi connectivity index (χ2n) is 8.00. The first-order chi connectivity index (χ1) is 12.5. The Bertz CT molecular complexity index is 765. The number of carbonyl (C=O) groups is 1. The van der Waals surface area contributed by atoms with E-state index in [1.54, 1.807) is 11.3 Å². The van der Waals surface area contributed by atoms with Gasteiger partial charge in [0.2, 0.25) is 5.91 Å². The van der Waals surface area contributed by atoms with Gasteiger partial charge in [0.15, 0.2) is 0 Å². The monoisotopic (exact) mass is 369 g/mol. The van der Waals surface area contributed by atoms with Crippen LogP contribution in [0, 0.1) is 12.3 Å². The number of aromatic nitrogens is 1. The molecular weight excluding hydrogens is 342 g/mol. The lowest BCUT2D eigenvalue weighted by Crippen LogP contribution is -2.52. The van der Waals surface area contributed by atoms with Crippen LogP contribution in [0.4, 0.5) is 0 Å². The molecule has 3 heterocycles. The zero-order valence-electron chi connectivity index (χ0n) is 15.6. The normalized spacial score (nSPS) is 23.5. The van der Waals surface area contributed by atoms with Crippen LogP contribution < -0.4 is 0 Å². The molecule has 2 saturated heterocycles. The first kappa shape index (κ1) is 17.7. The highest BCUT2D eigenvalue weighted by Gasteiger charge is 2.44. The molecule has 0 unspecified atom stereocenters. The highest BCUT2D eigenvalue weighted by molar-refractivity contribution is 7.09. The maximum Gasteiger partial charge on any atom is 0.229 e. The molecule has 1 amide bonds. The van der Waals surface area contributed by atoms with E-state index in [1.807, 2.05) is 30.1 Å². The summed E-state index contributed by atoms with van der Waals surface area (Å²) in [6, 6.07) is 10.3. The van der Waals surface area contributed by atoms with Crippen molar-refractivity contribution in [2.75, 3.05) is 26.7 Å². The maximum absolute atomic E-state index is 12.8. The first-order valence-electron chi connectivity index (χ1n) is 9.48. The molecule has 5 heteroatoms. The SMILES string of the molecule is Cc1nc(CN2CCC3(CC2)C[C@H](c2ccccc2)C(=O)N(C)C3)cs1. The Hall–Kier alpha value is -1.72. The molecule has 0 saturated carbocycles. The van der Waals surface area contributed by atoms with Gasteiger partial charge in [-0.2, -0.15) is 0 Å². The zero-order chi connectivity index (χ0) is 18.1. The third-order valence-corrected chi connectivity index (χ3v) is 6.88. The summed E-state index contributed by atoms with van der Waals surface area (Å²) in [5.74, 6) is 0.296. The predicted octanol–water partition coefficient (Wildman–Crippen LogP) is 3.68. The second kappa shape index (κ2) is 7.12. The van der Waals surface area contributed by atoms with Crippen LogP contribution in [0.3, 0.4) is 0 Å². The van der Waals surface area contributed by atoms with Gasteiger partial charge in [-0.05, 0) is 50.3 Å². The van der Waals surface area contributed by atoms with E-state index in [1.165, 1.54) is 11.3 Å². The number of benzene rings is 1. The van der Waals surface area contributed by atoms with Crippen LogP contribution >= 0.6 is 11.3 Å². The summed E-state index contributed by atoms with van der Waals surface area (Å²) in [6.07, 6.45) is 3.32. The third kappa shape index (κ3) is 3.55. The molecule has 4 nitrogen and oxygen atoms in total. The van der Waals surface area contributed by atoms with E-state index < -0.39 is 0 Å². The van der Waals surface area contributed by atoms with E-state index >= 15 is 0 Å². The van der Waals surface area contributed by atoms with E-state index in [0.29, 0.717) is 0 Å². The van der Waals surface area contributed by atoms with Crippen LogP contribution in [0.1, 0.15) is 41.4 Å². The number of piperidine rings is 2. The van der Waals surface area contributed by atoms with Gasteiger partial charge in [-0.3, -0.25) is 9.69 Å². The molecule has 2 fully saturated rings. The molecule has 2 aliphatic heterocycles.